The van der Waals surface area contributed by atoms with Gasteiger partial charge in [-0.25, -0.2) is 0 Å². The maximum absolute atomic E-state index is 2.55. The van der Waals surface area contributed by atoms with E-state index in [0.717, 1.165) is 24.9 Å². The molecule has 0 aromatic heterocycles. The molecule has 4 rings (SSSR count). The SMILES string of the molecule is C1=C(C2CC2c2ccccc2)CCN(Cc2ccccc2)C1. The molecule has 1 saturated carbocycles. The zero-order chi connectivity index (χ0) is 14.8. The van der Waals surface area contributed by atoms with Gasteiger partial charge in [0.05, 0.1) is 0 Å². The molecule has 1 nitrogen and oxygen atoms in total. The van der Waals surface area contributed by atoms with Crippen molar-refractivity contribution in [3.8, 4) is 0 Å². The fourth-order valence-electron chi connectivity index (χ4n) is 3.72. The molecule has 0 radical (unpaired) electrons. The summed E-state index contributed by atoms with van der Waals surface area (Å²) in [5.41, 5.74) is 4.66. The molecule has 2 unspecified atom stereocenters. The van der Waals surface area contributed by atoms with Crippen LogP contribution in [-0.2, 0) is 6.54 Å². The minimum atomic E-state index is 0.785. The summed E-state index contributed by atoms with van der Waals surface area (Å²) in [7, 11) is 0. The Labute approximate surface area is 133 Å². The lowest BCUT2D eigenvalue weighted by Crippen LogP contribution is -2.28. The third kappa shape index (κ3) is 3.00. The predicted molar refractivity (Wildman–Crippen MR) is 91.7 cm³/mol. The smallest absolute Gasteiger partial charge is 0.0237 e. The molecule has 22 heavy (non-hydrogen) atoms. The van der Waals surface area contributed by atoms with Crippen LogP contribution in [0.1, 0.15) is 29.9 Å². The fourth-order valence-corrected chi connectivity index (χ4v) is 3.72. The number of hydrogen-bond acceptors (Lipinski definition) is 1. The van der Waals surface area contributed by atoms with E-state index < -0.39 is 0 Å². The number of nitrogens with zero attached hydrogens (tertiary/aromatic N) is 1. The van der Waals surface area contributed by atoms with E-state index in [4.69, 9.17) is 0 Å². The van der Waals surface area contributed by atoms with E-state index in [0.29, 0.717) is 0 Å². The quantitative estimate of drug-likeness (QED) is 0.742. The maximum atomic E-state index is 2.55. The van der Waals surface area contributed by atoms with Gasteiger partial charge in [0.2, 0.25) is 0 Å². The number of hydrogen-bond donors (Lipinski definition) is 0. The van der Waals surface area contributed by atoms with E-state index in [2.05, 4.69) is 71.6 Å². The average molecular weight is 289 g/mol. The maximum Gasteiger partial charge on any atom is 0.0237 e. The summed E-state index contributed by atoms with van der Waals surface area (Å²) < 4.78 is 0. The molecule has 112 valence electrons. The van der Waals surface area contributed by atoms with Crippen molar-refractivity contribution in [3.63, 3.8) is 0 Å². The first kappa shape index (κ1) is 13.8. The molecule has 2 aliphatic rings. The monoisotopic (exact) mass is 289 g/mol. The van der Waals surface area contributed by atoms with Crippen LogP contribution in [0.2, 0.25) is 0 Å². The van der Waals surface area contributed by atoms with Gasteiger partial charge in [-0.1, -0.05) is 72.3 Å². The van der Waals surface area contributed by atoms with Gasteiger partial charge in [0.25, 0.3) is 0 Å². The first-order valence-electron chi connectivity index (χ1n) is 8.40. The lowest BCUT2D eigenvalue weighted by atomic mass is 9.99. The summed E-state index contributed by atoms with van der Waals surface area (Å²) >= 11 is 0. The topological polar surface area (TPSA) is 3.24 Å². The third-order valence-corrected chi connectivity index (χ3v) is 5.07. The molecule has 1 heteroatoms. The van der Waals surface area contributed by atoms with Crippen LogP contribution in [0.15, 0.2) is 72.3 Å². The molecular weight excluding hydrogens is 266 g/mol. The molecule has 0 saturated heterocycles. The summed E-state index contributed by atoms with van der Waals surface area (Å²) in [5.74, 6) is 1.61. The van der Waals surface area contributed by atoms with Gasteiger partial charge in [-0.2, -0.15) is 0 Å². The van der Waals surface area contributed by atoms with E-state index >= 15 is 0 Å². The van der Waals surface area contributed by atoms with Crippen LogP contribution in [-0.4, -0.2) is 18.0 Å². The van der Waals surface area contributed by atoms with Crippen LogP contribution in [0, 0.1) is 5.92 Å². The Morgan fingerprint density at radius 1 is 0.864 bits per heavy atom. The van der Waals surface area contributed by atoms with Crippen molar-refractivity contribution in [1.82, 2.24) is 4.90 Å². The van der Waals surface area contributed by atoms with Crippen molar-refractivity contribution in [2.24, 2.45) is 5.92 Å². The van der Waals surface area contributed by atoms with Crippen molar-refractivity contribution in [3.05, 3.63) is 83.4 Å². The molecule has 2 atom stereocenters. The Morgan fingerprint density at radius 3 is 2.27 bits per heavy atom. The Hall–Kier alpha value is -1.86. The van der Waals surface area contributed by atoms with E-state index in [1.165, 1.54) is 30.5 Å². The molecule has 0 amide bonds. The van der Waals surface area contributed by atoms with Crippen LogP contribution in [0.4, 0.5) is 0 Å². The van der Waals surface area contributed by atoms with Gasteiger partial charge in [0.15, 0.2) is 0 Å². The highest BCUT2D eigenvalue weighted by Crippen LogP contribution is 2.52. The standard InChI is InChI=1S/C21H23N/c1-3-7-17(8-4-1)16-22-13-11-19(12-14-22)21-15-20(21)18-9-5-2-6-10-18/h1-11,20-21H,12-16H2. The summed E-state index contributed by atoms with van der Waals surface area (Å²) in [5, 5.41) is 0. The summed E-state index contributed by atoms with van der Waals surface area (Å²) in [6.07, 6.45) is 5.11. The predicted octanol–water partition coefficient (Wildman–Crippen LogP) is 4.62. The van der Waals surface area contributed by atoms with Crippen LogP contribution < -0.4 is 0 Å². The van der Waals surface area contributed by atoms with Crippen LogP contribution in [0.3, 0.4) is 0 Å². The largest absolute Gasteiger partial charge is 0.295 e. The minimum Gasteiger partial charge on any atom is -0.295 e. The Balaban J connectivity index is 1.35. The van der Waals surface area contributed by atoms with Crippen LogP contribution >= 0.6 is 0 Å². The summed E-state index contributed by atoms with van der Waals surface area (Å²) in [6, 6.07) is 21.8. The molecule has 1 aliphatic heterocycles. The van der Waals surface area contributed by atoms with Crippen LogP contribution in [0.25, 0.3) is 0 Å². The van der Waals surface area contributed by atoms with Crippen molar-refractivity contribution in [2.45, 2.75) is 25.3 Å². The van der Waals surface area contributed by atoms with Gasteiger partial charge in [0.1, 0.15) is 0 Å². The van der Waals surface area contributed by atoms with Crippen molar-refractivity contribution in [1.29, 1.82) is 0 Å². The molecule has 2 aromatic carbocycles. The van der Waals surface area contributed by atoms with Crippen LogP contribution in [0.5, 0.6) is 0 Å². The first-order chi connectivity index (χ1) is 10.9. The van der Waals surface area contributed by atoms with E-state index in [-0.39, 0.29) is 0 Å². The fraction of sp³-hybridized carbons (Fsp3) is 0.333. The third-order valence-electron chi connectivity index (χ3n) is 5.07. The van der Waals surface area contributed by atoms with E-state index in [1.54, 1.807) is 5.57 Å². The molecule has 0 N–H and O–H groups in total. The van der Waals surface area contributed by atoms with Gasteiger partial charge < -0.3 is 0 Å². The summed E-state index contributed by atoms with van der Waals surface area (Å²) in [6.45, 7) is 3.40. The lowest BCUT2D eigenvalue weighted by molar-refractivity contribution is 0.283. The second kappa shape index (κ2) is 6.10. The van der Waals surface area contributed by atoms with Gasteiger partial charge >= 0.3 is 0 Å². The second-order valence-electron chi connectivity index (χ2n) is 6.61. The normalized spacial score (nSPS) is 24.8. The van der Waals surface area contributed by atoms with E-state index in [9.17, 15) is 0 Å². The van der Waals surface area contributed by atoms with Gasteiger partial charge in [-0.3, -0.25) is 4.90 Å². The van der Waals surface area contributed by atoms with E-state index in [1.807, 2.05) is 0 Å². The molecule has 1 heterocycles. The Kier molecular flexibility index (Phi) is 3.82. The Bertz CT molecular complexity index is 644. The van der Waals surface area contributed by atoms with Gasteiger partial charge in [-0.15, -0.1) is 0 Å². The lowest BCUT2D eigenvalue weighted by Gasteiger charge is -2.26. The zero-order valence-electron chi connectivity index (χ0n) is 13.0. The Morgan fingerprint density at radius 2 is 1.59 bits per heavy atom. The van der Waals surface area contributed by atoms with Crippen molar-refractivity contribution >= 4 is 0 Å². The van der Waals surface area contributed by atoms with Gasteiger partial charge in [0, 0.05) is 19.6 Å². The summed E-state index contributed by atoms with van der Waals surface area (Å²) in [4.78, 5) is 2.55. The molecule has 0 bridgehead atoms. The first-order valence-corrected chi connectivity index (χ1v) is 8.40. The molecule has 2 aromatic rings. The minimum absolute atomic E-state index is 0.785. The number of benzene rings is 2. The molecule has 0 spiro atoms. The molecular formula is C21H23N. The zero-order valence-corrected chi connectivity index (χ0v) is 13.0. The van der Waals surface area contributed by atoms with Crippen molar-refractivity contribution in [2.75, 3.05) is 13.1 Å². The highest BCUT2D eigenvalue weighted by molar-refractivity contribution is 5.32. The van der Waals surface area contributed by atoms with Gasteiger partial charge in [-0.05, 0) is 35.8 Å². The highest BCUT2D eigenvalue weighted by Gasteiger charge is 2.40. The highest BCUT2D eigenvalue weighted by atomic mass is 15.1. The molecule has 1 fully saturated rings. The second-order valence-corrected chi connectivity index (χ2v) is 6.61. The molecule has 1 aliphatic carbocycles. The average Bonchev–Trinajstić information content (AvgIpc) is 3.38. The number of rotatable bonds is 4. The van der Waals surface area contributed by atoms with Crippen molar-refractivity contribution < 1.29 is 0 Å².